The second-order valence-corrected chi connectivity index (χ2v) is 5.28. The van der Waals surface area contributed by atoms with Crippen LogP contribution in [0.2, 0.25) is 0 Å². The van der Waals surface area contributed by atoms with Crippen LogP contribution in [0.15, 0.2) is 0 Å². The molecule has 0 saturated heterocycles. The van der Waals surface area contributed by atoms with Gasteiger partial charge in [0.15, 0.2) is 0 Å². The van der Waals surface area contributed by atoms with Crippen molar-refractivity contribution in [2.24, 2.45) is 0 Å². The normalized spacial score (nSPS) is 9.71. The van der Waals surface area contributed by atoms with Gasteiger partial charge < -0.3 is 29.6 Å². The van der Waals surface area contributed by atoms with Crippen LogP contribution in [0.4, 0.5) is 0 Å². The summed E-state index contributed by atoms with van der Waals surface area (Å²) in [6.07, 6.45) is 13.4. The third-order valence-electron chi connectivity index (χ3n) is 2.72. The molecule has 0 fully saturated rings. The van der Waals surface area contributed by atoms with Crippen molar-refractivity contribution in [2.45, 2.75) is 71.1 Å². The van der Waals surface area contributed by atoms with Gasteiger partial charge in [-0.1, -0.05) is 64.7 Å². The summed E-state index contributed by atoms with van der Waals surface area (Å²) < 4.78 is 5.32. The minimum Gasteiger partial charge on any atom is -0.514 e. The second kappa shape index (κ2) is 17.7. The summed E-state index contributed by atoms with van der Waals surface area (Å²) in [5.74, 6) is 0. The predicted octanol–water partition coefficient (Wildman–Crippen LogP) is 1.76. The first kappa shape index (κ1) is 21.1. The fourth-order valence-corrected chi connectivity index (χ4v) is 1.91. The van der Waals surface area contributed by atoms with Crippen LogP contribution < -0.4 is 51.4 Å². The Morgan fingerprint density at radius 3 is 1.71 bits per heavy atom. The molecule has 0 rings (SSSR count). The first-order chi connectivity index (χ1) is 7.77. The average Bonchev–Trinajstić information content (AvgIpc) is 2.25. The van der Waals surface area contributed by atoms with Gasteiger partial charge in [-0.15, -0.1) is 0 Å². The van der Waals surface area contributed by atoms with Crippen LogP contribution in [-0.2, 0) is 17.4 Å². The second-order valence-electron chi connectivity index (χ2n) is 4.28. The Balaban J connectivity index is 0. The van der Waals surface area contributed by atoms with Gasteiger partial charge in [0.25, 0.3) is 0 Å². The Bertz CT molecular complexity index is 165. The van der Waals surface area contributed by atoms with Crippen molar-refractivity contribution < 1.29 is 56.1 Å². The Hall–Kier alpha value is 1.75. The number of hydrogen-bond acceptors (Lipinski definition) is 3. The minimum atomic E-state index is 0. The molecule has 0 aromatic heterocycles. The third-order valence-corrected chi connectivity index (χ3v) is 2.95. The SMILES string of the molecule is CCCCCCCCCCCCOC(=S)[S-].[K+]. The van der Waals surface area contributed by atoms with Gasteiger partial charge in [-0.2, -0.15) is 0 Å². The van der Waals surface area contributed by atoms with E-state index in [0.29, 0.717) is 6.61 Å². The molecule has 0 aliphatic carbocycles. The molecular weight excluding hydrogens is 275 g/mol. The van der Waals surface area contributed by atoms with Gasteiger partial charge in [0.2, 0.25) is 0 Å². The molecule has 17 heavy (non-hydrogen) atoms. The number of unbranched alkanes of at least 4 members (excludes halogenated alkanes) is 9. The van der Waals surface area contributed by atoms with E-state index < -0.39 is 0 Å². The molecule has 4 heteroatoms. The van der Waals surface area contributed by atoms with Crippen LogP contribution in [0.1, 0.15) is 71.1 Å². The largest absolute Gasteiger partial charge is 1.00 e. The van der Waals surface area contributed by atoms with Crippen molar-refractivity contribution in [2.75, 3.05) is 6.61 Å². The first-order valence-corrected chi connectivity index (χ1v) is 7.42. The molecule has 0 radical (unpaired) electrons. The first-order valence-electron chi connectivity index (χ1n) is 6.61. The standard InChI is InChI=1S/C13H26OS2.K/c1-2-3-4-5-6-7-8-9-10-11-12-14-13(15)16;/h2-12H2,1H3,(H,15,16);/q;+1/p-1. The molecule has 0 aromatic rings. The van der Waals surface area contributed by atoms with Crippen LogP contribution >= 0.6 is 12.2 Å². The summed E-state index contributed by atoms with van der Waals surface area (Å²) in [6.45, 7) is 2.97. The number of ether oxygens (including phenoxy) is 1. The molecule has 1 nitrogen and oxygen atoms in total. The van der Waals surface area contributed by atoms with Gasteiger partial charge in [0.1, 0.15) is 0 Å². The van der Waals surface area contributed by atoms with Crippen molar-refractivity contribution in [3.8, 4) is 0 Å². The van der Waals surface area contributed by atoms with E-state index in [2.05, 4.69) is 31.8 Å². The quantitative estimate of drug-likeness (QED) is 0.249. The Kier molecular flexibility index (Phi) is 22.0. The van der Waals surface area contributed by atoms with E-state index in [9.17, 15) is 0 Å². The van der Waals surface area contributed by atoms with Crippen LogP contribution in [0.3, 0.4) is 0 Å². The van der Waals surface area contributed by atoms with Crippen LogP contribution in [0.5, 0.6) is 0 Å². The molecule has 0 bridgehead atoms. The minimum absolute atomic E-state index is 0. The Morgan fingerprint density at radius 1 is 0.882 bits per heavy atom. The summed E-state index contributed by atoms with van der Waals surface area (Å²) in [7, 11) is 0. The van der Waals surface area contributed by atoms with Crippen LogP contribution in [-0.4, -0.2) is 11.0 Å². The van der Waals surface area contributed by atoms with E-state index in [1.165, 1.54) is 57.8 Å². The van der Waals surface area contributed by atoms with Crippen molar-refractivity contribution in [3.05, 3.63) is 0 Å². The van der Waals surface area contributed by atoms with Gasteiger partial charge >= 0.3 is 51.4 Å². The van der Waals surface area contributed by atoms with Crippen LogP contribution in [0.25, 0.3) is 0 Å². The molecule has 96 valence electrons. The van der Waals surface area contributed by atoms with E-state index in [4.69, 9.17) is 4.74 Å². The predicted molar refractivity (Wildman–Crippen MR) is 77.8 cm³/mol. The smallest absolute Gasteiger partial charge is 0.514 e. The topological polar surface area (TPSA) is 9.23 Å². The van der Waals surface area contributed by atoms with Crippen LogP contribution in [0, 0.1) is 0 Å². The molecule has 0 aliphatic rings. The molecule has 0 amide bonds. The molecule has 0 heterocycles. The zero-order valence-electron chi connectivity index (χ0n) is 11.5. The third kappa shape index (κ3) is 20.2. The summed E-state index contributed by atoms with van der Waals surface area (Å²) in [5, 5.41) is 0. The fourth-order valence-electron chi connectivity index (χ4n) is 1.75. The molecule has 0 N–H and O–H groups in total. The van der Waals surface area contributed by atoms with Gasteiger partial charge in [-0.05, 0) is 6.42 Å². The number of thiocarbonyl (C=S) groups is 1. The zero-order chi connectivity index (χ0) is 12.1. The Morgan fingerprint density at radius 2 is 1.29 bits per heavy atom. The maximum absolute atomic E-state index is 5.06. The zero-order valence-corrected chi connectivity index (χ0v) is 16.3. The van der Waals surface area contributed by atoms with E-state index in [0.717, 1.165) is 6.42 Å². The molecular formula is C13H25KOS2. The van der Waals surface area contributed by atoms with Crippen molar-refractivity contribution >= 4 is 29.2 Å². The van der Waals surface area contributed by atoms with E-state index in [-0.39, 0.29) is 55.8 Å². The molecule has 0 aliphatic heterocycles. The molecule has 0 saturated carbocycles. The summed E-state index contributed by atoms with van der Waals surface area (Å²) in [6, 6.07) is 0. The molecule has 0 unspecified atom stereocenters. The van der Waals surface area contributed by atoms with E-state index in [1.54, 1.807) is 0 Å². The molecule has 0 aromatic carbocycles. The summed E-state index contributed by atoms with van der Waals surface area (Å²) >= 11 is 9.32. The van der Waals surface area contributed by atoms with E-state index in [1.807, 2.05) is 0 Å². The number of hydrogen-bond donors (Lipinski definition) is 0. The Labute approximate surface area is 161 Å². The van der Waals surface area contributed by atoms with Crippen molar-refractivity contribution in [1.82, 2.24) is 0 Å². The van der Waals surface area contributed by atoms with Gasteiger partial charge in [-0.3, -0.25) is 0 Å². The maximum Gasteiger partial charge on any atom is 1.00 e. The molecule has 0 spiro atoms. The maximum atomic E-state index is 5.06. The monoisotopic (exact) mass is 300 g/mol. The molecule has 0 atom stereocenters. The fraction of sp³-hybridized carbons (Fsp3) is 0.923. The summed E-state index contributed by atoms with van der Waals surface area (Å²) in [4.78, 5) is 0. The van der Waals surface area contributed by atoms with Crippen molar-refractivity contribution in [3.63, 3.8) is 0 Å². The number of rotatable bonds is 11. The summed E-state index contributed by atoms with van der Waals surface area (Å²) in [5.41, 5.74) is 0. The van der Waals surface area contributed by atoms with Gasteiger partial charge in [0, 0.05) is 4.38 Å². The van der Waals surface area contributed by atoms with Gasteiger partial charge in [-0.25, -0.2) is 0 Å². The average molecular weight is 301 g/mol. The van der Waals surface area contributed by atoms with Gasteiger partial charge in [0.05, 0.1) is 6.61 Å². The van der Waals surface area contributed by atoms with Crippen molar-refractivity contribution in [1.29, 1.82) is 0 Å². The van der Waals surface area contributed by atoms with E-state index >= 15 is 0 Å².